The fourth-order valence-corrected chi connectivity index (χ4v) is 0.548. The van der Waals surface area contributed by atoms with E-state index in [1.54, 1.807) is 0 Å². The normalized spacial score (nSPS) is 8.50. The molecule has 0 aromatic carbocycles. The van der Waals surface area contributed by atoms with Gasteiger partial charge in [0.05, 0.1) is 16.7 Å². The van der Waals surface area contributed by atoms with Crippen LogP contribution in [0.15, 0.2) is 0 Å². The number of unbranched alkanes of at least 4 members (excludes halogenated alkanes) is 1. The fourth-order valence-electron chi connectivity index (χ4n) is 0.548. The zero-order valence-electron chi connectivity index (χ0n) is 5.89. The molecule has 1 N–H and O–H groups in total. The van der Waals surface area contributed by atoms with Crippen LogP contribution in [0.5, 0.6) is 0 Å². The number of carbonyl (C=O) groups is 1. The number of nitrogens with zero attached hydrogens (tertiary/aromatic N) is 1. The topological polar surface area (TPSA) is 78.1 Å². The molecule has 0 radical (unpaired) electrons. The van der Waals surface area contributed by atoms with Gasteiger partial charge in [0.2, 0.25) is 0 Å². The van der Waals surface area contributed by atoms with Gasteiger partial charge in [-0.2, -0.15) is 0 Å². The van der Waals surface area contributed by atoms with Crippen molar-refractivity contribution in [3.05, 3.63) is 0 Å². The smallest absolute Gasteiger partial charge is 0.363 e. The summed E-state index contributed by atoms with van der Waals surface area (Å²) in [4.78, 5) is 12.9. The lowest BCUT2D eigenvalue weighted by Gasteiger charge is -1.91. The van der Waals surface area contributed by atoms with E-state index in [9.17, 15) is 9.90 Å². The van der Waals surface area contributed by atoms with E-state index in [0.29, 0.717) is 6.42 Å². The van der Waals surface area contributed by atoms with Gasteiger partial charge in [0.1, 0.15) is 0 Å². The van der Waals surface area contributed by atoms with Crippen molar-refractivity contribution in [1.82, 2.24) is 0 Å². The maximum Gasteiger partial charge on any atom is 0.363 e. The largest absolute Gasteiger partial charge is 0.539 e. The summed E-state index contributed by atoms with van der Waals surface area (Å²) < 4.78 is 0. The Bertz CT molecular complexity index is 171. The van der Waals surface area contributed by atoms with Gasteiger partial charge in [-0.3, -0.25) is 0 Å². The number of hydrogen-bond acceptors (Lipinski definition) is 3. The second-order valence-corrected chi connectivity index (χ2v) is 1.95. The quantitative estimate of drug-likeness (QED) is 0.329. The Morgan fingerprint density at radius 2 is 2.30 bits per heavy atom. The van der Waals surface area contributed by atoms with Crippen LogP contribution < -0.4 is 5.11 Å². The molecule has 56 valence electrons. The van der Waals surface area contributed by atoms with Crippen molar-refractivity contribution in [2.75, 3.05) is 0 Å². The standard InChI is InChI=1S/C6H10N2O2/c1-2-3-4-5(8-7)6(9)10/h7H,2-4H2,1H3. The molecule has 0 heterocycles. The molecule has 0 aliphatic carbocycles. The van der Waals surface area contributed by atoms with E-state index in [2.05, 4.69) is 4.79 Å². The van der Waals surface area contributed by atoms with Gasteiger partial charge in [-0.05, 0) is 6.42 Å². The first-order chi connectivity index (χ1) is 4.72. The highest BCUT2D eigenvalue weighted by Gasteiger charge is 2.10. The minimum Gasteiger partial charge on any atom is -0.539 e. The van der Waals surface area contributed by atoms with Crippen LogP contribution in [0.3, 0.4) is 0 Å². The minimum atomic E-state index is -1.33. The molecule has 0 aromatic rings. The molecule has 0 rings (SSSR count). The van der Waals surface area contributed by atoms with E-state index in [1.165, 1.54) is 0 Å². The minimum absolute atomic E-state index is 0.165. The van der Waals surface area contributed by atoms with E-state index in [4.69, 9.17) is 5.53 Å². The number of carboxylic acid groups (broad SMARTS) is 1. The van der Waals surface area contributed by atoms with E-state index in [1.807, 2.05) is 6.92 Å². The maximum absolute atomic E-state index is 10.1. The molecule has 0 amide bonds. The molecule has 0 aliphatic rings. The first-order valence-corrected chi connectivity index (χ1v) is 3.17. The third-order valence-electron chi connectivity index (χ3n) is 1.14. The van der Waals surface area contributed by atoms with E-state index in [0.717, 1.165) is 12.8 Å². The zero-order valence-corrected chi connectivity index (χ0v) is 5.89. The monoisotopic (exact) mass is 142 g/mol. The molecule has 0 fully saturated rings. The van der Waals surface area contributed by atoms with Crippen molar-refractivity contribution >= 4 is 11.7 Å². The van der Waals surface area contributed by atoms with E-state index in [-0.39, 0.29) is 5.71 Å². The summed E-state index contributed by atoms with van der Waals surface area (Å²) in [7, 11) is 0. The Labute approximate surface area is 59.1 Å². The second kappa shape index (κ2) is 4.70. The van der Waals surface area contributed by atoms with Gasteiger partial charge in [0.25, 0.3) is 0 Å². The Morgan fingerprint density at radius 1 is 1.70 bits per heavy atom. The molecule has 0 unspecified atom stereocenters. The summed E-state index contributed by atoms with van der Waals surface area (Å²) in [6, 6.07) is 0. The molecule has 0 aromatic heterocycles. The molecule has 0 saturated carbocycles. The Hall–Kier alpha value is -1.15. The van der Waals surface area contributed by atoms with Crippen LogP contribution in [0.4, 0.5) is 0 Å². The summed E-state index contributed by atoms with van der Waals surface area (Å²) in [6.45, 7) is 1.94. The van der Waals surface area contributed by atoms with Gasteiger partial charge in [0, 0.05) is 0 Å². The number of carbonyl (C=O) groups excluding carboxylic acids is 1. The van der Waals surface area contributed by atoms with Gasteiger partial charge in [-0.1, -0.05) is 13.3 Å². The van der Waals surface area contributed by atoms with Crippen LogP contribution >= 0.6 is 0 Å². The predicted molar refractivity (Wildman–Crippen MR) is 32.5 cm³/mol. The Morgan fingerprint density at radius 3 is 2.60 bits per heavy atom. The summed E-state index contributed by atoms with van der Waals surface area (Å²) in [5.41, 5.74) is 6.27. The lowest BCUT2D eigenvalue weighted by Crippen LogP contribution is -2.32. The van der Waals surface area contributed by atoms with Gasteiger partial charge < -0.3 is 9.90 Å². The second-order valence-electron chi connectivity index (χ2n) is 1.95. The third-order valence-corrected chi connectivity index (χ3v) is 1.14. The van der Waals surface area contributed by atoms with Gasteiger partial charge in [-0.15, -0.1) is 0 Å². The number of aliphatic carboxylic acids is 1. The van der Waals surface area contributed by atoms with Crippen LogP contribution in [0.2, 0.25) is 0 Å². The molecule has 4 heteroatoms. The predicted octanol–water partition coefficient (Wildman–Crippen LogP) is -0.393. The first-order valence-electron chi connectivity index (χ1n) is 3.17. The number of nitrogens with one attached hydrogen (secondary N) is 1. The van der Waals surface area contributed by atoms with Crippen LogP contribution in [0.1, 0.15) is 26.2 Å². The van der Waals surface area contributed by atoms with Crippen molar-refractivity contribution in [3.8, 4) is 0 Å². The molecule has 4 nitrogen and oxygen atoms in total. The molecular weight excluding hydrogens is 132 g/mol. The molecule has 10 heavy (non-hydrogen) atoms. The average Bonchev–Trinajstić information content (AvgIpc) is 1.89. The number of rotatable bonds is 4. The fraction of sp³-hybridized carbons (Fsp3) is 0.667. The zero-order chi connectivity index (χ0) is 7.98. The number of hydrogen-bond donors (Lipinski definition) is 1. The Kier molecular flexibility index (Phi) is 4.16. The van der Waals surface area contributed by atoms with Gasteiger partial charge in [-0.25, -0.2) is 0 Å². The maximum atomic E-state index is 10.1. The molecule has 0 atom stereocenters. The molecule has 0 aliphatic heterocycles. The van der Waals surface area contributed by atoms with E-state index < -0.39 is 5.97 Å². The average molecular weight is 142 g/mol. The highest BCUT2D eigenvalue weighted by molar-refractivity contribution is 6.31. The van der Waals surface area contributed by atoms with Crippen LogP contribution in [-0.4, -0.2) is 16.5 Å². The van der Waals surface area contributed by atoms with Crippen molar-refractivity contribution in [2.45, 2.75) is 26.2 Å². The number of carboxylic acids is 1. The lowest BCUT2D eigenvalue weighted by molar-refractivity contribution is -0.299. The van der Waals surface area contributed by atoms with Gasteiger partial charge in [0.15, 0.2) is 5.97 Å². The summed E-state index contributed by atoms with van der Waals surface area (Å²) in [6.07, 6.45) is 1.97. The van der Waals surface area contributed by atoms with E-state index >= 15 is 0 Å². The van der Waals surface area contributed by atoms with Crippen molar-refractivity contribution < 1.29 is 14.7 Å². The summed E-state index contributed by atoms with van der Waals surface area (Å²) in [5.74, 6) is -1.33. The Balaban J connectivity index is 3.87. The van der Waals surface area contributed by atoms with Crippen LogP contribution in [0.25, 0.3) is 0 Å². The first kappa shape index (κ1) is 8.85. The lowest BCUT2D eigenvalue weighted by atomic mass is 10.2. The van der Waals surface area contributed by atoms with Crippen molar-refractivity contribution in [3.63, 3.8) is 0 Å². The summed E-state index contributed by atoms with van der Waals surface area (Å²) >= 11 is 0. The van der Waals surface area contributed by atoms with Crippen LogP contribution in [-0.2, 0) is 4.79 Å². The molecular formula is C6H10N2O2. The van der Waals surface area contributed by atoms with Crippen molar-refractivity contribution in [2.24, 2.45) is 0 Å². The highest BCUT2D eigenvalue weighted by Crippen LogP contribution is 1.93. The van der Waals surface area contributed by atoms with Gasteiger partial charge >= 0.3 is 5.71 Å². The van der Waals surface area contributed by atoms with Crippen molar-refractivity contribution in [1.29, 1.82) is 5.53 Å². The SMILES string of the molecule is CCCCC(=[N+]=N)C(=O)[O-]. The molecule has 0 saturated heterocycles. The molecule has 0 bridgehead atoms. The van der Waals surface area contributed by atoms with Crippen LogP contribution in [0, 0.1) is 5.53 Å². The highest BCUT2D eigenvalue weighted by atomic mass is 16.4. The summed E-state index contributed by atoms with van der Waals surface area (Å²) in [5, 5.41) is 10.1. The molecule has 0 spiro atoms. The third kappa shape index (κ3) is 2.99.